The molecule has 0 saturated carbocycles. The van der Waals surface area contributed by atoms with Gasteiger partial charge in [0.1, 0.15) is 0 Å². The lowest BCUT2D eigenvalue weighted by Gasteiger charge is -2.19. The van der Waals surface area contributed by atoms with E-state index >= 15 is 0 Å². The fraction of sp³-hybridized carbons (Fsp3) is 0.170. The highest BCUT2D eigenvalue weighted by atomic mass is 14.4. The fourth-order valence-electron chi connectivity index (χ4n) is 6.55. The van der Waals surface area contributed by atoms with Crippen LogP contribution in [0.15, 0.2) is 152 Å². The lowest BCUT2D eigenvalue weighted by molar-refractivity contribution is 1.16. The second kappa shape index (κ2) is 17.0. The van der Waals surface area contributed by atoms with Gasteiger partial charge in [0.15, 0.2) is 0 Å². The number of benzene rings is 6. The molecule has 48 heavy (non-hydrogen) atoms. The molecule has 1 nitrogen and oxygen atoms in total. The first-order valence-corrected chi connectivity index (χ1v) is 17.4. The maximum absolute atomic E-state index is 8.93. The minimum atomic E-state index is 0.486. The van der Waals surface area contributed by atoms with Crippen LogP contribution >= 0.6 is 0 Å². The summed E-state index contributed by atoms with van der Waals surface area (Å²) in [5.74, 6) is 0. The summed E-state index contributed by atoms with van der Waals surface area (Å²) in [4.78, 5) is 0. The maximum Gasteiger partial charge on any atom is 0.0687 e. The van der Waals surface area contributed by atoms with Gasteiger partial charge in [0.2, 0.25) is 0 Å². The predicted octanol–water partition coefficient (Wildman–Crippen LogP) is 14.2. The Balaban J connectivity index is 0.00000125. The minimum absolute atomic E-state index is 0.486. The lowest BCUT2D eigenvalue weighted by atomic mass is 9.84. The molecule has 0 unspecified atom stereocenters. The minimum Gasteiger partial charge on any atom is -0.300 e. The second-order valence-corrected chi connectivity index (χ2v) is 11.0. The van der Waals surface area contributed by atoms with Crippen LogP contribution in [0, 0.1) is 5.41 Å². The molecule has 0 fully saturated rings. The van der Waals surface area contributed by atoms with Crippen LogP contribution in [-0.2, 0) is 6.42 Å². The maximum atomic E-state index is 8.93. The molecule has 0 heterocycles. The van der Waals surface area contributed by atoms with Gasteiger partial charge in [-0.25, -0.2) is 0 Å². The van der Waals surface area contributed by atoms with E-state index in [-0.39, 0.29) is 0 Å². The first kappa shape index (κ1) is 35.6. The van der Waals surface area contributed by atoms with Crippen molar-refractivity contribution >= 4 is 43.6 Å². The van der Waals surface area contributed by atoms with E-state index in [1.807, 2.05) is 65.8 Å². The summed E-state index contributed by atoms with van der Waals surface area (Å²) in [7, 11) is 0. The van der Waals surface area contributed by atoms with Crippen LogP contribution in [0.4, 0.5) is 0 Å². The van der Waals surface area contributed by atoms with Gasteiger partial charge in [-0.3, -0.25) is 5.41 Å². The average Bonchev–Trinajstić information content (AvgIpc) is 3.16. The Morgan fingerprint density at radius 3 is 1.67 bits per heavy atom. The smallest absolute Gasteiger partial charge is 0.0687 e. The standard InChI is InChI=1S/C43H37N.2C2H6/c1-5-15-30(8-4)43(44)34(16-6-2)31-25-27-32(28-26-31)41-37-18-9-11-20-39(37)42(40-21-12-10-19-38(40)41)36-24-14-22-33-29(7-3)17-13-23-35(33)36;2*1-2/h5-6,8-28,44H,2,7H2,1,3-4H3;2*1-2H3/b15-5-,30-8+,34-16-,44-43?;;. The number of hydrogen-bond acceptors (Lipinski definition) is 1. The normalized spacial score (nSPS) is 11.6. The molecule has 0 amide bonds. The predicted molar refractivity (Wildman–Crippen MR) is 216 cm³/mol. The molecule has 0 atom stereocenters. The van der Waals surface area contributed by atoms with Crippen LogP contribution in [0.1, 0.15) is 59.6 Å². The highest BCUT2D eigenvalue weighted by molar-refractivity contribution is 6.31. The van der Waals surface area contributed by atoms with Crippen molar-refractivity contribution < 1.29 is 0 Å². The largest absolute Gasteiger partial charge is 0.300 e. The number of aryl methyl sites for hydroxylation is 1. The molecule has 6 aromatic carbocycles. The van der Waals surface area contributed by atoms with Crippen molar-refractivity contribution in [3.05, 3.63) is 163 Å². The first-order valence-electron chi connectivity index (χ1n) is 17.4. The molecule has 6 rings (SSSR count). The van der Waals surface area contributed by atoms with E-state index in [1.54, 1.807) is 6.08 Å². The summed E-state index contributed by atoms with van der Waals surface area (Å²) in [5.41, 5.74) is 9.53. The van der Waals surface area contributed by atoms with Gasteiger partial charge < -0.3 is 0 Å². The SMILES string of the molecule is C=C/C=C(\C(=N)C(/C=C\C)=C/C)c1ccc(-c2c3ccccc3c(-c3cccc4c(CC)cccc34)c3ccccc23)cc1.CC.CC. The van der Waals surface area contributed by atoms with Crippen LogP contribution in [0.3, 0.4) is 0 Å². The van der Waals surface area contributed by atoms with Gasteiger partial charge in [-0.05, 0) is 91.5 Å². The summed E-state index contributed by atoms with van der Waals surface area (Å²) in [6.07, 6.45) is 10.6. The number of fused-ring (bicyclic) bond motifs is 3. The van der Waals surface area contributed by atoms with E-state index in [0.717, 1.165) is 28.7 Å². The van der Waals surface area contributed by atoms with Crippen molar-refractivity contribution in [2.75, 3.05) is 0 Å². The summed E-state index contributed by atoms with van der Waals surface area (Å²) in [6.45, 7) is 18.1. The van der Waals surface area contributed by atoms with Gasteiger partial charge in [-0.15, -0.1) is 0 Å². The highest BCUT2D eigenvalue weighted by Gasteiger charge is 2.18. The van der Waals surface area contributed by atoms with Crippen molar-refractivity contribution in [1.29, 1.82) is 5.41 Å². The summed E-state index contributed by atoms with van der Waals surface area (Å²) in [5, 5.41) is 16.5. The molecule has 6 aromatic rings. The summed E-state index contributed by atoms with van der Waals surface area (Å²) in [6, 6.07) is 39.7. The lowest BCUT2D eigenvalue weighted by Crippen LogP contribution is -2.03. The van der Waals surface area contributed by atoms with Crippen LogP contribution < -0.4 is 0 Å². The van der Waals surface area contributed by atoms with E-state index < -0.39 is 0 Å². The Kier molecular flexibility index (Phi) is 12.6. The topological polar surface area (TPSA) is 23.9 Å². The van der Waals surface area contributed by atoms with Crippen LogP contribution in [-0.4, -0.2) is 5.71 Å². The van der Waals surface area contributed by atoms with Gasteiger partial charge in [0, 0.05) is 5.57 Å². The van der Waals surface area contributed by atoms with Gasteiger partial charge >= 0.3 is 0 Å². The van der Waals surface area contributed by atoms with Crippen molar-refractivity contribution in [3.8, 4) is 22.3 Å². The first-order chi connectivity index (χ1) is 23.6. The summed E-state index contributed by atoms with van der Waals surface area (Å²) < 4.78 is 0. The molecule has 1 N–H and O–H groups in total. The van der Waals surface area contributed by atoms with Crippen LogP contribution in [0.25, 0.3) is 60.1 Å². The van der Waals surface area contributed by atoms with E-state index in [4.69, 9.17) is 5.41 Å². The van der Waals surface area contributed by atoms with E-state index in [9.17, 15) is 0 Å². The highest BCUT2D eigenvalue weighted by Crippen LogP contribution is 2.45. The second-order valence-electron chi connectivity index (χ2n) is 11.0. The monoisotopic (exact) mass is 627 g/mol. The zero-order chi connectivity index (χ0) is 34.6. The Morgan fingerprint density at radius 2 is 1.15 bits per heavy atom. The zero-order valence-corrected chi connectivity index (χ0v) is 29.7. The fourth-order valence-corrected chi connectivity index (χ4v) is 6.55. The molecule has 0 bridgehead atoms. The molecule has 0 aromatic heterocycles. The quantitative estimate of drug-likeness (QED) is 0.0986. The third kappa shape index (κ3) is 6.87. The number of hydrogen-bond donors (Lipinski definition) is 1. The molecule has 0 aliphatic rings. The molecule has 0 spiro atoms. The molecule has 1 heteroatoms. The van der Waals surface area contributed by atoms with Gasteiger partial charge in [-0.1, -0.05) is 181 Å². The molecule has 242 valence electrons. The van der Waals surface area contributed by atoms with Crippen molar-refractivity contribution in [3.63, 3.8) is 0 Å². The zero-order valence-electron chi connectivity index (χ0n) is 29.7. The van der Waals surface area contributed by atoms with E-state index in [0.29, 0.717) is 5.71 Å². The molecule has 0 saturated heterocycles. The molecule has 0 aliphatic heterocycles. The van der Waals surface area contributed by atoms with Crippen LogP contribution in [0.2, 0.25) is 0 Å². The Bertz CT molecular complexity index is 2080. The van der Waals surface area contributed by atoms with Gasteiger partial charge in [0.05, 0.1) is 5.71 Å². The third-order valence-electron chi connectivity index (χ3n) is 8.58. The van der Waals surface area contributed by atoms with Gasteiger partial charge in [0.25, 0.3) is 0 Å². The average molecular weight is 628 g/mol. The number of nitrogens with one attached hydrogen (secondary N) is 1. The van der Waals surface area contributed by atoms with Crippen molar-refractivity contribution in [2.24, 2.45) is 0 Å². The summed E-state index contributed by atoms with van der Waals surface area (Å²) >= 11 is 0. The Labute approximate surface area is 288 Å². The number of allylic oxidation sites excluding steroid dienone is 7. The Hall–Kier alpha value is -5.27. The van der Waals surface area contributed by atoms with E-state index in [2.05, 4.69) is 123 Å². The third-order valence-corrected chi connectivity index (χ3v) is 8.58. The molecular formula is C47H49N. The van der Waals surface area contributed by atoms with E-state index in [1.165, 1.54) is 54.6 Å². The molecule has 0 aliphatic carbocycles. The molecular weight excluding hydrogens is 579 g/mol. The molecule has 0 radical (unpaired) electrons. The number of rotatable bonds is 8. The van der Waals surface area contributed by atoms with Gasteiger partial charge in [-0.2, -0.15) is 0 Å². The Morgan fingerprint density at radius 1 is 0.625 bits per heavy atom. The van der Waals surface area contributed by atoms with Crippen molar-refractivity contribution in [1.82, 2.24) is 0 Å². The van der Waals surface area contributed by atoms with Crippen LogP contribution in [0.5, 0.6) is 0 Å². The van der Waals surface area contributed by atoms with Crippen molar-refractivity contribution in [2.45, 2.75) is 54.9 Å².